The molecule has 10 heteroatoms. The molecular formula is C24H31N9O. The molecule has 0 bridgehead atoms. The summed E-state index contributed by atoms with van der Waals surface area (Å²) >= 11 is 0. The van der Waals surface area contributed by atoms with Crippen molar-refractivity contribution in [1.82, 2.24) is 39.8 Å². The molecule has 0 spiro atoms. The fourth-order valence-corrected chi connectivity index (χ4v) is 5.14. The zero-order chi connectivity index (χ0) is 23.7. The van der Waals surface area contributed by atoms with Gasteiger partial charge in [0.15, 0.2) is 0 Å². The first-order valence-electron chi connectivity index (χ1n) is 12.0. The highest BCUT2D eigenvalue weighted by molar-refractivity contribution is 5.90. The summed E-state index contributed by atoms with van der Waals surface area (Å²) in [4.78, 5) is 28.6. The summed E-state index contributed by atoms with van der Waals surface area (Å²) in [7, 11) is 0. The van der Waals surface area contributed by atoms with Crippen molar-refractivity contribution < 1.29 is 4.79 Å². The number of nitrogens with zero attached hydrogens (tertiary/aromatic N) is 7. The minimum absolute atomic E-state index is 0.0340. The first kappa shape index (κ1) is 22.3. The molecule has 1 atom stereocenters. The number of aromatic nitrogens is 5. The van der Waals surface area contributed by atoms with Crippen LogP contribution in [0.5, 0.6) is 0 Å². The number of hydrogen-bond donors (Lipinski definition) is 2. The second-order valence-corrected chi connectivity index (χ2v) is 9.54. The van der Waals surface area contributed by atoms with E-state index in [-0.39, 0.29) is 17.6 Å². The molecule has 5 rings (SSSR count). The molecule has 3 aromatic rings. The molecule has 10 nitrogen and oxygen atoms in total. The Balaban J connectivity index is 1.24. The molecule has 0 radical (unpaired) electrons. The topological polar surface area (TPSA) is 119 Å². The van der Waals surface area contributed by atoms with Crippen LogP contribution in [-0.2, 0) is 5.54 Å². The molecule has 1 aliphatic carbocycles. The molecule has 1 aliphatic heterocycles. The number of carbonyl (C=O) groups is 1. The van der Waals surface area contributed by atoms with Gasteiger partial charge < -0.3 is 15.2 Å². The average molecular weight is 462 g/mol. The third-order valence-electron chi connectivity index (χ3n) is 7.44. The SMILES string of the molecule is CC[C@H](C)NC(=O)N1CCN(C2CC(CC#N)(n3cc(-c4ncnc5[nH]ccc45)cn3)C2)CC1. The lowest BCUT2D eigenvalue weighted by atomic mass is 9.70. The Morgan fingerprint density at radius 3 is 2.85 bits per heavy atom. The van der Waals surface area contributed by atoms with E-state index < -0.39 is 0 Å². The van der Waals surface area contributed by atoms with Crippen LogP contribution in [0.25, 0.3) is 22.3 Å². The van der Waals surface area contributed by atoms with Gasteiger partial charge in [0.1, 0.15) is 12.0 Å². The van der Waals surface area contributed by atoms with Gasteiger partial charge >= 0.3 is 6.03 Å². The number of fused-ring (bicyclic) bond motifs is 1. The lowest BCUT2D eigenvalue weighted by Crippen LogP contribution is -2.61. The number of amides is 2. The number of aromatic amines is 1. The van der Waals surface area contributed by atoms with Gasteiger partial charge in [0.05, 0.1) is 29.9 Å². The Bertz CT molecular complexity index is 1190. The number of rotatable bonds is 6. The van der Waals surface area contributed by atoms with Gasteiger partial charge in [-0.2, -0.15) is 10.4 Å². The van der Waals surface area contributed by atoms with Crippen LogP contribution < -0.4 is 5.32 Å². The van der Waals surface area contributed by atoms with E-state index in [4.69, 9.17) is 0 Å². The van der Waals surface area contributed by atoms with Crippen LogP contribution in [0, 0.1) is 11.3 Å². The largest absolute Gasteiger partial charge is 0.346 e. The van der Waals surface area contributed by atoms with Gasteiger partial charge in [-0.15, -0.1) is 0 Å². The standard InChI is InChI=1S/C24H31N9O/c1-3-17(2)30-23(34)32-10-8-31(9-11-32)19-12-24(13-19,5-6-25)33-15-18(14-29-33)21-20-4-7-26-22(20)28-16-27-21/h4,7,14-17,19H,3,5,8-13H2,1-2H3,(H,30,34)(H,26,27,28)/t17-,19?,24?/m0/s1. The van der Waals surface area contributed by atoms with Crippen molar-refractivity contribution in [2.75, 3.05) is 26.2 Å². The first-order valence-corrected chi connectivity index (χ1v) is 12.0. The Labute approximate surface area is 199 Å². The molecule has 34 heavy (non-hydrogen) atoms. The fourth-order valence-electron chi connectivity index (χ4n) is 5.14. The quantitative estimate of drug-likeness (QED) is 0.583. The summed E-state index contributed by atoms with van der Waals surface area (Å²) < 4.78 is 1.97. The summed E-state index contributed by atoms with van der Waals surface area (Å²) in [5.74, 6) is 0. The van der Waals surface area contributed by atoms with Gasteiger partial charge in [-0.25, -0.2) is 14.8 Å². The van der Waals surface area contributed by atoms with E-state index in [9.17, 15) is 10.1 Å². The molecule has 3 aromatic heterocycles. The first-order chi connectivity index (χ1) is 16.5. The number of piperazine rings is 1. The predicted molar refractivity (Wildman–Crippen MR) is 128 cm³/mol. The van der Waals surface area contributed by atoms with Crippen LogP contribution in [-0.4, -0.2) is 78.8 Å². The lowest BCUT2D eigenvalue weighted by Gasteiger charge is -2.52. The second kappa shape index (κ2) is 9.06. The molecule has 1 saturated carbocycles. The minimum atomic E-state index is -0.299. The lowest BCUT2D eigenvalue weighted by molar-refractivity contribution is -0.0130. The normalized spacial score (nSPS) is 23.9. The van der Waals surface area contributed by atoms with Gasteiger partial charge in [-0.1, -0.05) is 6.92 Å². The molecular weight excluding hydrogens is 430 g/mol. The zero-order valence-corrected chi connectivity index (χ0v) is 19.7. The van der Waals surface area contributed by atoms with Crippen LogP contribution >= 0.6 is 0 Å². The van der Waals surface area contributed by atoms with Crippen molar-refractivity contribution in [1.29, 1.82) is 5.26 Å². The summed E-state index contributed by atoms with van der Waals surface area (Å²) in [6.45, 7) is 7.29. The zero-order valence-electron chi connectivity index (χ0n) is 19.7. The molecule has 2 N–H and O–H groups in total. The summed E-state index contributed by atoms with van der Waals surface area (Å²) in [6.07, 6.45) is 10.4. The van der Waals surface area contributed by atoms with Gasteiger partial charge in [-0.05, 0) is 32.3 Å². The van der Waals surface area contributed by atoms with Crippen molar-refractivity contribution in [2.24, 2.45) is 0 Å². The van der Waals surface area contributed by atoms with Gasteiger partial charge in [-0.3, -0.25) is 9.58 Å². The van der Waals surface area contributed by atoms with E-state index in [1.807, 2.05) is 41.2 Å². The molecule has 4 heterocycles. The predicted octanol–water partition coefficient (Wildman–Crippen LogP) is 2.72. The Morgan fingerprint density at radius 2 is 2.12 bits per heavy atom. The summed E-state index contributed by atoms with van der Waals surface area (Å²) in [6, 6.07) is 4.98. The van der Waals surface area contributed by atoms with E-state index >= 15 is 0 Å². The van der Waals surface area contributed by atoms with Crippen LogP contribution in [0.3, 0.4) is 0 Å². The van der Waals surface area contributed by atoms with Crippen molar-refractivity contribution in [3.8, 4) is 17.3 Å². The smallest absolute Gasteiger partial charge is 0.317 e. The number of H-pyrrole nitrogens is 1. The molecule has 0 unspecified atom stereocenters. The van der Waals surface area contributed by atoms with Crippen LogP contribution in [0.2, 0.25) is 0 Å². The fraction of sp³-hybridized carbons (Fsp3) is 0.542. The van der Waals surface area contributed by atoms with Crippen LogP contribution in [0.15, 0.2) is 31.0 Å². The van der Waals surface area contributed by atoms with E-state index in [1.54, 1.807) is 6.33 Å². The number of carbonyl (C=O) groups excluding carboxylic acids is 1. The number of urea groups is 1. The van der Waals surface area contributed by atoms with Crippen molar-refractivity contribution in [3.05, 3.63) is 31.0 Å². The van der Waals surface area contributed by atoms with E-state index in [0.29, 0.717) is 12.5 Å². The Morgan fingerprint density at radius 1 is 1.32 bits per heavy atom. The van der Waals surface area contributed by atoms with Crippen LogP contribution in [0.4, 0.5) is 4.79 Å². The highest BCUT2D eigenvalue weighted by Crippen LogP contribution is 2.45. The highest BCUT2D eigenvalue weighted by atomic mass is 16.2. The molecule has 2 fully saturated rings. The van der Waals surface area contributed by atoms with Crippen molar-refractivity contribution in [2.45, 2.75) is 57.2 Å². The van der Waals surface area contributed by atoms with Gasteiger partial charge in [0.25, 0.3) is 0 Å². The number of nitriles is 1. The molecule has 2 amide bonds. The monoisotopic (exact) mass is 461 g/mol. The maximum Gasteiger partial charge on any atom is 0.317 e. The third-order valence-corrected chi connectivity index (χ3v) is 7.44. The molecule has 178 valence electrons. The Kier molecular flexibility index (Phi) is 5.96. The maximum absolute atomic E-state index is 12.4. The highest BCUT2D eigenvalue weighted by Gasteiger charge is 2.49. The summed E-state index contributed by atoms with van der Waals surface area (Å²) in [5, 5.41) is 18.2. The van der Waals surface area contributed by atoms with E-state index in [0.717, 1.165) is 67.7 Å². The maximum atomic E-state index is 12.4. The van der Waals surface area contributed by atoms with Crippen LogP contribution in [0.1, 0.15) is 39.5 Å². The Hall–Kier alpha value is -3.45. The molecule has 0 aromatic carbocycles. The van der Waals surface area contributed by atoms with E-state index in [2.05, 4.69) is 43.3 Å². The number of hydrogen-bond acceptors (Lipinski definition) is 6. The third kappa shape index (κ3) is 4.01. The van der Waals surface area contributed by atoms with Crippen molar-refractivity contribution in [3.63, 3.8) is 0 Å². The molecule has 1 saturated heterocycles. The number of nitrogens with one attached hydrogen (secondary N) is 2. The van der Waals surface area contributed by atoms with Gasteiger partial charge in [0, 0.05) is 61.6 Å². The summed E-state index contributed by atoms with van der Waals surface area (Å²) in [5.41, 5.74) is 2.26. The van der Waals surface area contributed by atoms with Gasteiger partial charge in [0.2, 0.25) is 0 Å². The van der Waals surface area contributed by atoms with Crippen molar-refractivity contribution >= 4 is 17.1 Å². The molecule has 2 aliphatic rings. The second-order valence-electron chi connectivity index (χ2n) is 9.54. The van der Waals surface area contributed by atoms with E-state index in [1.165, 1.54) is 0 Å². The average Bonchev–Trinajstić information content (AvgIpc) is 3.51. The minimum Gasteiger partial charge on any atom is -0.346 e.